The number of hydrogen-bond donors (Lipinski definition) is 0. The van der Waals surface area contributed by atoms with E-state index in [4.69, 9.17) is 0 Å². The molecule has 0 radical (unpaired) electrons. The lowest BCUT2D eigenvalue weighted by atomic mass is 9.84. The van der Waals surface area contributed by atoms with Gasteiger partial charge in [-0.15, -0.1) is 0 Å². The van der Waals surface area contributed by atoms with Gasteiger partial charge >= 0.3 is 0 Å². The highest BCUT2D eigenvalue weighted by Crippen LogP contribution is 2.60. The molecule has 3 rings (SSSR count). The van der Waals surface area contributed by atoms with Gasteiger partial charge in [-0.05, 0) is 64.8 Å². The van der Waals surface area contributed by atoms with Crippen molar-refractivity contribution in [2.45, 2.75) is 85.0 Å². The lowest BCUT2D eigenvalue weighted by molar-refractivity contribution is 0.302. The van der Waals surface area contributed by atoms with E-state index in [1.165, 1.54) is 19.3 Å². The number of allylic oxidation sites excluding steroid dienone is 4. The molecule has 0 amide bonds. The van der Waals surface area contributed by atoms with Crippen molar-refractivity contribution in [2.24, 2.45) is 47.3 Å². The first-order valence-corrected chi connectivity index (χ1v) is 14.7. The molecule has 0 aromatic rings. The van der Waals surface area contributed by atoms with Gasteiger partial charge in [0.15, 0.2) is 0 Å². The third kappa shape index (κ3) is 3.21. The van der Waals surface area contributed by atoms with Crippen LogP contribution in [0, 0.1) is 47.3 Å². The smallest absolute Gasteiger partial charge is 0.0542 e. The van der Waals surface area contributed by atoms with Gasteiger partial charge in [0.25, 0.3) is 0 Å². The van der Waals surface area contributed by atoms with Crippen LogP contribution in [0.15, 0.2) is 24.3 Å². The highest BCUT2D eigenvalue weighted by Gasteiger charge is 2.54. The molecule has 3 aliphatic rings. The molecule has 148 valence electrons. The van der Waals surface area contributed by atoms with Crippen LogP contribution in [0.4, 0.5) is 0 Å². The Hall–Kier alpha value is -0.303. The molecular formula is C25H44Si. The zero-order chi connectivity index (χ0) is 19.2. The van der Waals surface area contributed by atoms with E-state index in [-0.39, 0.29) is 0 Å². The van der Waals surface area contributed by atoms with Crippen molar-refractivity contribution >= 4 is 8.07 Å². The van der Waals surface area contributed by atoms with Crippen LogP contribution in [-0.4, -0.2) is 8.07 Å². The second kappa shape index (κ2) is 7.61. The summed E-state index contributed by atoms with van der Waals surface area (Å²) in [5.41, 5.74) is 1.91. The monoisotopic (exact) mass is 372 g/mol. The fraction of sp³-hybridized carbons (Fsp3) is 0.840. The van der Waals surface area contributed by atoms with Crippen molar-refractivity contribution in [2.75, 3.05) is 0 Å². The molecule has 0 aromatic carbocycles. The van der Waals surface area contributed by atoms with E-state index in [1.54, 1.807) is 0 Å². The van der Waals surface area contributed by atoms with Crippen LogP contribution >= 0.6 is 0 Å². The minimum atomic E-state index is -1.35. The molecule has 9 unspecified atom stereocenters. The molecule has 0 saturated heterocycles. The van der Waals surface area contributed by atoms with Gasteiger partial charge in [-0.25, -0.2) is 0 Å². The molecular weight excluding hydrogens is 328 g/mol. The predicted octanol–water partition coefficient (Wildman–Crippen LogP) is 7.81. The minimum absolute atomic E-state index is 0.834. The van der Waals surface area contributed by atoms with Crippen LogP contribution < -0.4 is 0 Å². The highest BCUT2D eigenvalue weighted by atomic mass is 28.3. The molecule has 26 heavy (non-hydrogen) atoms. The summed E-state index contributed by atoms with van der Waals surface area (Å²) in [5.74, 6) is 7.12. The van der Waals surface area contributed by atoms with Crippen molar-refractivity contribution in [3.8, 4) is 0 Å². The van der Waals surface area contributed by atoms with Gasteiger partial charge < -0.3 is 0 Å². The average Bonchev–Trinajstić information content (AvgIpc) is 3.08. The maximum atomic E-state index is 2.76. The minimum Gasteiger partial charge on any atom is -0.0808 e. The molecule has 2 saturated carbocycles. The third-order valence-corrected chi connectivity index (χ3v) is 15.1. The second-order valence-corrected chi connectivity index (χ2v) is 16.2. The van der Waals surface area contributed by atoms with Gasteiger partial charge in [0.05, 0.1) is 8.07 Å². The zero-order valence-corrected chi connectivity index (χ0v) is 19.7. The first-order chi connectivity index (χ1) is 12.2. The van der Waals surface area contributed by atoms with Crippen LogP contribution in [-0.2, 0) is 0 Å². The molecule has 0 aromatic heterocycles. The Balaban J connectivity index is 1.85. The first-order valence-electron chi connectivity index (χ1n) is 11.6. The third-order valence-electron chi connectivity index (χ3n) is 9.86. The molecule has 0 bridgehead atoms. The average molecular weight is 373 g/mol. The van der Waals surface area contributed by atoms with Gasteiger partial charge in [-0.1, -0.05) is 91.8 Å². The Morgan fingerprint density at radius 3 is 1.96 bits per heavy atom. The topological polar surface area (TPSA) is 0 Å². The summed E-state index contributed by atoms with van der Waals surface area (Å²) in [6.45, 7) is 20.7. The molecule has 0 spiro atoms. The Kier molecular flexibility index (Phi) is 5.98. The van der Waals surface area contributed by atoms with Gasteiger partial charge in [-0.2, -0.15) is 0 Å². The fourth-order valence-corrected chi connectivity index (χ4v) is 12.0. The zero-order valence-electron chi connectivity index (χ0n) is 18.7. The van der Waals surface area contributed by atoms with E-state index in [0.29, 0.717) is 0 Å². The summed E-state index contributed by atoms with van der Waals surface area (Å²) in [6, 6.07) is 0. The first kappa shape index (κ1) is 20.4. The molecule has 3 aliphatic carbocycles. The molecule has 0 heterocycles. The molecule has 0 aliphatic heterocycles. The second-order valence-electron chi connectivity index (χ2n) is 10.9. The Morgan fingerprint density at radius 1 is 0.885 bits per heavy atom. The number of fused-ring (bicyclic) bond motifs is 1. The van der Waals surface area contributed by atoms with E-state index in [2.05, 4.69) is 78.9 Å². The van der Waals surface area contributed by atoms with Crippen molar-refractivity contribution in [1.82, 2.24) is 0 Å². The largest absolute Gasteiger partial charge is 0.0808 e. The molecule has 9 atom stereocenters. The maximum absolute atomic E-state index is 2.76. The van der Waals surface area contributed by atoms with Crippen molar-refractivity contribution in [3.63, 3.8) is 0 Å². The van der Waals surface area contributed by atoms with Gasteiger partial charge in [-0.3, -0.25) is 0 Å². The van der Waals surface area contributed by atoms with E-state index in [9.17, 15) is 0 Å². The number of hydrogen-bond acceptors (Lipinski definition) is 0. The lowest BCUT2D eigenvalue weighted by Gasteiger charge is -2.44. The Labute approximate surface area is 164 Å². The summed E-state index contributed by atoms with van der Waals surface area (Å²) in [7, 11) is -1.35. The molecule has 0 N–H and O–H groups in total. The summed E-state index contributed by atoms with van der Waals surface area (Å²) in [4.78, 5) is 0. The normalized spacial score (nSPS) is 46.5. The van der Waals surface area contributed by atoms with E-state index in [1.807, 2.05) is 0 Å². The van der Waals surface area contributed by atoms with E-state index in [0.717, 1.165) is 58.4 Å². The predicted molar refractivity (Wildman–Crippen MR) is 119 cm³/mol. The van der Waals surface area contributed by atoms with Crippen LogP contribution in [0.25, 0.3) is 0 Å². The van der Waals surface area contributed by atoms with Gasteiger partial charge in [0, 0.05) is 0 Å². The standard InChI is InChI=1S/C25H44Si/c1-9-12-21-15-24(23-14-11-10-13-22(21)23)26(7,8)20(6)25-18(4)16(2)17(3)19(25)5/h10-11,13-14,16-25H,9,12,15H2,1-8H3. The summed E-state index contributed by atoms with van der Waals surface area (Å²) < 4.78 is 0. The molecule has 1 heteroatoms. The van der Waals surface area contributed by atoms with Crippen molar-refractivity contribution < 1.29 is 0 Å². The molecule has 0 nitrogen and oxygen atoms in total. The van der Waals surface area contributed by atoms with Crippen LogP contribution in [0.2, 0.25) is 24.2 Å². The fourth-order valence-electron chi connectivity index (χ4n) is 7.52. The van der Waals surface area contributed by atoms with Crippen molar-refractivity contribution in [1.29, 1.82) is 0 Å². The van der Waals surface area contributed by atoms with Crippen LogP contribution in [0.5, 0.6) is 0 Å². The highest BCUT2D eigenvalue weighted by molar-refractivity contribution is 6.80. The summed E-state index contributed by atoms with van der Waals surface area (Å²) in [5, 5.41) is 0. The Bertz CT molecular complexity index is 530. The van der Waals surface area contributed by atoms with Gasteiger partial charge in [0.1, 0.15) is 0 Å². The maximum Gasteiger partial charge on any atom is 0.0542 e. The summed E-state index contributed by atoms with van der Waals surface area (Å²) in [6.07, 6.45) is 14.1. The van der Waals surface area contributed by atoms with Crippen LogP contribution in [0.1, 0.15) is 60.8 Å². The SMILES string of the molecule is CCCC1CC([Si](C)(C)C(C)C2C(C)C(C)C(C)C2C)C2C=CC=CC12. The Morgan fingerprint density at radius 2 is 1.42 bits per heavy atom. The van der Waals surface area contributed by atoms with E-state index >= 15 is 0 Å². The molecule has 2 fully saturated rings. The summed E-state index contributed by atoms with van der Waals surface area (Å²) >= 11 is 0. The van der Waals surface area contributed by atoms with E-state index < -0.39 is 8.07 Å². The van der Waals surface area contributed by atoms with Crippen molar-refractivity contribution in [3.05, 3.63) is 24.3 Å². The van der Waals surface area contributed by atoms with Crippen LogP contribution in [0.3, 0.4) is 0 Å². The number of rotatable bonds is 5. The lowest BCUT2D eigenvalue weighted by Crippen LogP contribution is -2.44. The quantitative estimate of drug-likeness (QED) is 0.432. The van der Waals surface area contributed by atoms with Gasteiger partial charge in [0.2, 0.25) is 0 Å².